The second-order valence-electron chi connectivity index (χ2n) is 4.15. The second kappa shape index (κ2) is 4.13. The van der Waals surface area contributed by atoms with E-state index in [9.17, 15) is 0 Å². The molecule has 2 atom stereocenters. The summed E-state index contributed by atoms with van der Waals surface area (Å²) in [7, 11) is 0. The molecule has 0 radical (unpaired) electrons. The minimum atomic E-state index is 0.693. The fourth-order valence-electron chi connectivity index (χ4n) is 2.38. The van der Waals surface area contributed by atoms with E-state index >= 15 is 0 Å². The van der Waals surface area contributed by atoms with Gasteiger partial charge in [0, 0.05) is 24.4 Å². The SMILES string of the molecule is CCn1nccc1C1CCNCC1C. The van der Waals surface area contributed by atoms with Crippen LogP contribution < -0.4 is 5.32 Å². The van der Waals surface area contributed by atoms with Crippen LogP contribution in [-0.2, 0) is 6.54 Å². The molecule has 0 spiro atoms. The molecule has 1 aromatic rings. The Hall–Kier alpha value is -0.830. The van der Waals surface area contributed by atoms with Crippen LogP contribution in [0.3, 0.4) is 0 Å². The van der Waals surface area contributed by atoms with Gasteiger partial charge in [0.1, 0.15) is 0 Å². The molecular weight excluding hydrogens is 174 g/mol. The minimum absolute atomic E-state index is 0.693. The van der Waals surface area contributed by atoms with E-state index in [2.05, 4.69) is 35.0 Å². The molecule has 0 saturated carbocycles. The fraction of sp³-hybridized carbons (Fsp3) is 0.727. The lowest BCUT2D eigenvalue weighted by atomic mass is 9.85. The van der Waals surface area contributed by atoms with Gasteiger partial charge in [-0.3, -0.25) is 4.68 Å². The molecule has 3 nitrogen and oxygen atoms in total. The van der Waals surface area contributed by atoms with E-state index in [-0.39, 0.29) is 0 Å². The summed E-state index contributed by atoms with van der Waals surface area (Å²) in [5.41, 5.74) is 1.42. The number of aromatic nitrogens is 2. The lowest BCUT2D eigenvalue weighted by molar-refractivity contribution is 0.333. The molecular formula is C11H19N3. The molecule has 0 bridgehead atoms. The highest BCUT2D eigenvalue weighted by Crippen LogP contribution is 2.29. The van der Waals surface area contributed by atoms with Gasteiger partial charge in [0.05, 0.1) is 0 Å². The van der Waals surface area contributed by atoms with E-state index in [1.807, 2.05) is 6.20 Å². The predicted molar refractivity (Wildman–Crippen MR) is 57.3 cm³/mol. The molecule has 1 N–H and O–H groups in total. The van der Waals surface area contributed by atoms with E-state index < -0.39 is 0 Å². The Balaban J connectivity index is 2.20. The maximum absolute atomic E-state index is 4.34. The average Bonchev–Trinajstić information content (AvgIpc) is 2.66. The van der Waals surface area contributed by atoms with Crippen molar-refractivity contribution >= 4 is 0 Å². The summed E-state index contributed by atoms with van der Waals surface area (Å²) < 4.78 is 2.13. The van der Waals surface area contributed by atoms with Crippen LogP contribution in [0.15, 0.2) is 12.3 Å². The molecule has 0 aliphatic carbocycles. The van der Waals surface area contributed by atoms with Crippen LogP contribution >= 0.6 is 0 Å². The van der Waals surface area contributed by atoms with E-state index in [4.69, 9.17) is 0 Å². The van der Waals surface area contributed by atoms with Crippen LogP contribution in [0.4, 0.5) is 0 Å². The third-order valence-electron chi connectivity index (χ3n) is 3.21. The van der Waals surface area contributed by atoms with Gasteiger partial charge in [-0.05, 0) is 38.4 Å². The highest BCUT2D eigenvalue weighted by Gasteiger charge is 2.24. The summed E-state index contributed by atoms with van der Waals surface area (Å²) in [6.07, 6.45) is 3.17. The third-order valence-corrected chi connectivity index (χ3v) is 3.21. The van der Waals surface area contributed by atoms with Gasteiger partial charge in [0.2, 0.25) is 0 Å². The van der Waals surface area contributed by atoms with Gasteiger partial charge in [0.15, 0.2) is 0 Å². The summed E-state index contributed by atoms with van der Waals surface area (Å²) in [5.74, 6) is 1.42. The smallest absolute Gasteiger partial charge is 0.0492 e. The maximum Gasteiger partial charge on any atom is 0.0492 e. The third kappa shape index (κ3) is 1.69. The molecule has 14 heavy (non-hydrogen) atoms. The second-order valence-corrected chi connectivity index (χ2v) is 4.15. The number of hydrogen-bond donors (Lipinski definition) is 1. The van der Waals surface area contributed by atoms with E-state index in [1.54, 1.807) is 0 Å². The summed E-state index contributed by atoms with van der Waals surface area (Å²) in [5, 5.41) is 7.77. The van der Waals surface area contributed by atoms with Crippen LogP contribution in [0.1, 0.15) is 31.9 Å². The number of nitrogens with zero attached hydrogens (tertiary/aromatic N) is 2. The average molecular weight is 193 g/mol. The van der Waals surface area contributed by atoms with Crippen molar-refractivity contribution in [1.82, 2.24) is 15.1 Å². The standard InChI is InChI=1S/C11H19N3/c1-3-14-11(5-7-13-14)10-4-6-12-8-9(10)2/h5,7,9-10,12H,3-4,6,8H2,1-2H3. The highest BCUT2D eigenvalue weighted by molar-refractivity contribution is 5.10. The quantitative estimate of drug-likeness (QED) is 0.773. The normalized spacial score (nSPS) is 27.9. The zero-order chi connectivity index (χ0) is 9.97. The van der Waals surface area contributed by atoms with Gasteiger partial charge in [-0.1, -0.05) is 6.92 Å². The van der Waals surface area contributed by atoms with E-state index in [0.29, 0.717) is 5.92 Å². The molecule has 2 unspecified atom stereocenters. The Kier molecular flexibility index (Phi) is 2.87. The van der Waals surface area contributed by atoms with E-state index in [1.165, 1.54) is 12.1 Å². The monoisotopic (exact) mass is 193 g/mol. The first-order chi connectivity index (χ1) is 6.83. The van der Waals surface area contributed by atoms with Crippen LogP contribution in [0.2, 0.25) is 0 Å². The first-order valence-corrected chi connectivity index (χ1v) is 5.55. The van der Waals surface area contributed by atoms with Crippen molar-refractivity contribution in [2.75, 3.05) is 13.1 Å². The van der Waals surface area contributed by atoms with Gasteiger partial charge >= 0.3 is 0 Å². The molecule has 1 fully saturated rings. The molecule has 78 valence electrons. The van der Waals surface area contributed by atoms with Gasteiger partial charge in [0.25, 0.3) is 0 Å². The van der Waals surface area contributed by atoms with Gasteiger partial charge < -0.3 is 5.32 Å². The Morgan fingerprint density at radius 1 is 1.64 bits per heavy atom. The Labute approximate surface area is 85.5 Å². The minimum Gasteiger partial charge on any atom is -0.316 e. The molecule has 3 heteroatoms. The first-order valence-electron chi connectivity index (χ1n) is 5.55. The lowest BCUT2D eigenvalue weighted by Gasteiger charge is -2.29. The Morgan fingerprint density at radius 3 is 3.21 bits per heavy atom. The Morgan fingerprint density at radius 2 is 2.50 bits per heavy atom. The number of nitrogens with one attached hydrogen (secondary N) is 1. The molecule has 0 aromatic carbocycles. The molecule has 1 aromatic heterocycles. The van der Waals surface area contributed by atoms with Crippen molar-refractivity contribution in [2.45, 2.75) is 32.7 Å². The summed E-state index contributed by atoms with van der Waals surface area (Å²) in [4.78, 5) is 0. The highest BCUT2D eigenvalue weighted by atomic mass is 15.3. The van der Waals surface area contributed by atoms with Crippen molar-refractivity contribution in [3.05, 3.63) is 18.0 Å². The van der Waals surface area contributed by atoms with Crippen molar-refractivity contribution in [1.29, 1.82) is 0 Å². The van der Waals surface area contributed by atoms with E-state index in [0.717, 1.165) is 25.6 Å². The molecule has 0 amide bonds. The van der Waals surface area contributed by atoms with Crippen LogP contribution in [-0.4, -0.2) is 22.9 Å². The van der Waals surface area contributed by atoms with Crippen molar-refractivity contribution in [2.24, 2.45) is 5.92 Å². The maximum atomic E-state index is 4.34. The van der Waals surface area contributed by atoms with Gasteiger partial charge in [-0.15, -0.1) is 0 Å². The number of hydrogen-bond acceptors (Lipinski definition) is 2. The number of aryl methyl sites for hydroxylation is 1. The first kappa shape index (κ1) is 9.71. The van der Waals surface area contributed by atoms with Crippen molar-refractivity contribution < 1.29 is 0 Å². The summed E-state index contributed by atoms with van der Waals surface area (Å²) in [6.45, 7) is 7.74. The molecule has 2 heterocycles. The molecule has 1 aliphatic rings. The number of piperidine rings is 1. The lowest BCUT2D eigenvalue weighted by Crippen LogP contribution is -2.34. The number of rotatable bonds is 2. The molecule has 1 saturated heterocycles. The van der Waals surface area contributed by atoms with Crippen LogP contribution in [0.25, 0.3) is 0 Å². The van der Waals surface area contributed by atoms with Crippen molar-refractivity contribution in [3.8, 4) is 0 Å². The van der Waals surface area contributed by atoms with Crippen molar-refractivity contribution in [3.63, 3.8) is 0 Å². The topological polar surface area (TPSA) is 29.9 Å². The zero-order valence-corrected chi connectivity index (χ0v) is 9.03. The summed E-state index contributed by atoms with van der Waals surface area (Å²) in [6, 6.07) is 2.18. The Bertz CT molecular complexity index is 292. The predicted octanol–water partition coefficient (Wildman–Crippen LogP) is 1.62. The zero-order valence-electron chi connectivity index (χ0n) is 9.03. The largest absolute Gasteiger partial charge is 0.316 e. The molecule has 2 rings (SSSR count). The van der Waals surface area contributed by atoms with Crippen LogP contribution in [0.5, 0.6) is 0 Å². The van der Waals surface area contributed by atoms with Crippen LogP contribution in [0, 0.1) is 5.92 Å². The fourth-order valence-corrected chi connectivity index (χ4v) is 2.38. The summed E-state index contributed by atoms with van der Waals surface area (Å²) >= 11 is 0. The molecule has 1 aliphatic heterocycles. The van der Waals surface area contributed by atoms with Gasteiger partial charge in [-0.2, -0.15) is 5.10 Å². The van der Waals surface area contributed by atoms with Gasteiger partial charge in [-0.25, -0.2) is 0 Å².